The van der Waals surface area contributed by atoms with Crippen LogP contribution in [0.25, 0.3) is 16.9 Å². The van der Waals surface area contributed by atoms with E-state index in [4.69, 9.17) is 14.6 Å². The SMILES string of the molecule is Cc1ccc(-c2nc3ccc(Sc4ccccc4)nn3c2CNC(=O)c2ccno2)cc1. The minimum absolute atomic E-state index is 0.156. The van der Waals surface area contributed by atoms with Crippen LogP contribution in [0.2, 0.25) is 0 Å². The molecular formula is C24H19N5O2S. The van der Waals surface area contributed by atoms with Gasteiger partial charge in [-0.15, -0.1) is 0 Å². The Morgan fingerprint density at radius 2 is 1.84 bits per heavy atom. The normalized spacial score (nSPS) is 11.0. The number of hydrogen-bond acceptors (Lipinski definition) is 6. The second kappa shape index (κ2) is 8.68. The van der Waals surface area contributed by atoms with Crippen molar-refractivity contribution in [2.24, 2.45) is 0 Å². The van der Waals surface area contributed by atoms with Gasteiger partial charge in [0, 0.05) is 16.5 Å². The Morgan fingerprint density at radius 3 is 2.59 bits per heavy atom. The largest absolute Gasteiger partial charge is 0.351 e. The number of nitrogens with one attached hydrogen (secondary N) is 1. The van der Waals surface area contributed by atoms with Crippen LogP contribution in [-0.2, 0) is 6.54 Å². The molecule has 2 aromatic carbocycles. The Hall–Kier alpha value is -3.91. The topological polar surface area (TPSA) is 85.3 Å². The Kier molecular flexibility index (Phi) is 5.43. The Balaban J connectivity index is 1.54. The summed E-state index contributed by atoms with van der Waals surface area (Å²) >= 11 is 1.57. The molecule has 1 N–H and O–H groups in total. The highest BCUT2D eigenvalue weighted by molar-refractivity contribution is 7.99. The van der Waals surface area contributed by atoms with Crippen molar-refractivity contribution >= 4 is 23.3 Å². The van der Waals surface area contributed by atoms with Gasteiger partial charge in [0.15, 0.2) is 5.65 Å². The zero-order valence-corrected chi connectivity index (χ0v) is 18.0. The quantitative estimate of drug-likeness (QED) is 0.408. The summed E-state index contributed by atoms with van der Waals surface area (Å²) in [6.07, 6.45) is 1.44. The van der Waals surface area contributed by atoms with E-state index in [9.17, 15) is 4.79 Å². The number of benzene rings is 2. The third-order valence-electron chi connectivity index (χ3n) is 4.91. The van der Waals surface area contributed by atoms with Crippen LogP contribution in [0, 0.1) is 6.92 Å². The van der Waals surface area contributed by atoms with Crippen LogP contribution in [0.3, 0.4) is 0 Å². The molecule has 8 heteroatoms. The van der Waals surface area contributed by atoms with Crippen molar-refractivity contribution in [2.75, 3.05) is 0 Å². The number of fused-ring (bicyclic) bond motifs is 1. The minimum atomic E-state index is -0.345. The van der Waals surface area contributed by atoms with Gasteiger partial charge in [0.25, 0.3) is 5.91 Å². The first-order valence-electron chi connectivity index (χ1n) is 10.0. The van der Waals surface area contributed by atoms with E-state index >= 15 is 0 Å². The number of nitrogens with zero attached hydrogens (tertiary/aromatic N) is 4. The molecule has 0 atom stereocenters. The number of rotatable bonds is 6. The summed E-state index contributed by atoms with van der Waals surface area (Å²) in [6.45, 7) is 2.27. The standard InChI is InChI=1S/C24H19N5O2S/c1-16-7-9-17(10-8-16)23-19(15-25-24(30)20-13-14-26-31-20)29-21(27-23)11-12-22(28-29)32-18-5-3-2-4-6-18/h2-14H,15H2,1H3,(H,25,30). The predicted molar refractivity (Wildman–Crippen MR) is 121 cm³/mol. The van der Waals surface area contributed by atoms with Crippen molar-refractivity contribution in [1.29, 1.82) is 0 Å². The highest BCUT2D eigenvalue weighted by Gasteiger charge is 2.18. The molecule has 0 spiro atoms. The predicted octanol–water partition coefficient (Wildman–Crippen LogP) is 4.77. The maximum absolute atomic E-state index is 12.4. The van der Waals surface area contributed by atoms with Gasteiger partial charge in [0.2, 0.25) is 5.76 Å². The Labute approximate surface area is 188 Å². The van der Waals surface area contributed by atoms with Gasteiger partial charge in [-0.05, 0) is 31.2 Å². The maximum atomic E-state index is 12.4. The fraction of sp³-hybridized carbons (Fsp3) is 0.0833. The molecule has 3 heterocycles. The first kappa shape index (κ1) is 20.0. The van der Waals surface area contributed by atoms with Crippen molar-refractivity contribution in [2.45, 2.75) is 23.4 Å². The summed E-state index contributed by atoms with van der Waals surface area (Å²) in [5, 5.41) is 12.1. The summed E-state index contributed by atoms with van der Waals surface area (Å²) in [7, 11) is 0. The molecule has 0 aliphatic rings. The van der Waals surface area contributed by atoms with Gasteiger partial charge in [-0.25, -0.2) is 9.50 Å². The Morgan fingerprint density at radius 1 is 1.03 bits per heavy atom. The number of hydrogen-bond donors (Lipinski definition) is 1. The molecule has 0 saturated heterocycles. The lowest BCUT2D eigenvalue weighted by molar-refractivity contribution is 0.0913. The third kappa shape index (κ3) is 4.13. The van der Waals surface area contributed by atoms with Crippen LogP contribution in [-0.4, -0.2) is 25.7 Å². The zero-order chi connectivity index (χ0) is 21.9. The van der Waals surface area contributed by atoms with Crippen molar-refractivity contribution in [1.82, 2.24) is 25.1 Å². The van der Waals surface area contributed by atoms with Gasteiger partial charge in [0.1, 0.15) is 5.03 Å². The lowest BCUT2D eigenvalue weighted by atomic mass is 10.1. The molecule has 5 rings (SSSR count). The van der Waals surface area contributed by atoms with Crippen molar-refractivity contribution in [3.63, 3.8) is 0 Å². The van der Waals surface area contributed by atoms with Gasteiger partial charge < -0.3 is 9.84 Å². The zero-order valence-electron chi connectivity index (χ0n) is 17.2. The number of carbonyl (C=O) groups is 1. The molecule has 158 valence electrons. The first-order chi connectivity index (χ1) is 15.7. The molecule has 0 saturated carbocycles. The molecule has 32 heavy (non-hydrogen) atoms. The van der Waals surface area contributed by atoms with Crippen molar-refractivity contribution < 1.29 is 9.32 Å². The molecule has 0 unspecified atom stereocenters. The van der Waals surface area contributed by atoms with Crippen LogP contribution in [0.15, 0.2) is 93.4 Å². The van der Waals surface area contributed by atoms with Crippen LogP contribution < -0.4 is 5.32 Å². The van der Waals surface area contributed by atoms with Crippen LogP contribution in [0.5, 0.6) is 0 Å². The number of aromatic nitrogens is 4. The van der Waals surface area contributed by atoms with Gasteiger partial charge in [-0.1, -0.05) is 64.9 Å². The molecule has 0 radical (unpaired) electrons. The lowest BCUT2D eigenvalue weighted by Gasteiger charge is -2.07. The molecule has 5 aromatic rings. The molecule has 0 aliphatic carbocycles. The maximum Gasteiger partial charge on any atom is 0.290 e. The van der Waals surface area contributed by atoms with Gasteiger partial charge >= 0.3 is 0 Å². The van der Waals surface area contributed by atoms with E-state index in [0.717, 1.165) is 32.4 Å². The van der Waals surface area contributed by atoms with E-state index < -0.39 is 0 Å². The van der Waals surface area contributed by atoms with Crippen LogP contribution in [0.4, 0.5) is 0 Å². The highest BCUT2D eigenvalue weighted by atomic mass is 32.2. The molecule has 7 nitrogen and oxygen atoms in total. The summed E-state index contributed by atoms with van der Waals surface area (Å²) in [5.74, 6) is -0.189. The van der Waals surface area contributed by atoms with Crippen molar-refractivity contribution in [3.8, 4) is 11.3 Å². The van der Waals surface area contributed by atoms with Crippen LogP contribution >= 0.6 is 11.8 Å². The molecule has 0 aliphatic heterocycles. The summed E-state index contributed by atoms with van der Waals surface area (Å²) in [6, 6.07) is 23.6. The number of amides is 1. The van der Waals surface area contributed by atoms with Gasteiger partial charge in [0.05, 0.1) is 24.1 Å². The van der Waals surface area contributed by atoms with E-state index in [1.165, 1.54) is 12.3 Å². The van der Waals surface area contributed by atoms with Crippen LogP contribution in [0.1, 0.15) is 21.8 Å². The van der Waals surface area contributed by atoms with E-state index in [1.807, 2.05) is 73.7 Å². The fourth-order valence-electron chi connectivity index (χ4n) is 3.31. The van der Waals surface area contributed by atoms with E-state index in [1.54, 1.807) is 16.3 Å². The monoisotopic (exact) mass is 441 g/mol. The van der Waals surface area contributed by atoms with Gasteiger partial charge in [-0.3, -0.25) is 4.79 Å². The average molecular weight is 442 g/mol. The first-order valence-corrected chi connectivity index (χ1v) is 10.9. The van der Waals surface area contributed by atoms with Gasteiger partial charge in [-0.2, -0.15) is 5.10 Å². The number of aryl methyl sites for hydroxylation is 1. The average Bonchev–Trinajstić information content (AvgIpc) is 3.47. The Bertz CT molecular complexity index is 1360. The molecule has 1 amide bonds. The summed E-state index contributed by atoms with van der Waals surface area (Å²) in [4.78, 5) is 18.3. The smallest absolute Gasteiger partial charge is 0.290 e. The van der Waals surface area contributed by atoms with E-state index in [2.05, 4.69) is 10.5 Å². The highest BCUT2D eigenvalue weighted by Crippen LogP contribution is 2.28. The summed E-state index contributed by atoms with van der Waals surface area (Å²) in [5.41, 5.74) is 4.39. The molecular weight excluding hydrogens is 422 g/mol. The second-order valence-corrected chi connectivity index (χ2v) is 8.28. The number of imidazole rings is 1. The molecule has 3 aromatic heterocycles. The minimum Gasteiger partial charge on any atom is -0.351 e. The fourth-order valence-corrected chi connectivity index (χ4v) is 4.10. The number of carbonyl (C=O) groups excluding carboxylic acids is 1. The van der Waals surface area contributed by atoms with E-state index in [-0.39, 0.29) is 18.2 Å². The lowest BCUT2D eigenvalue weighted by Crippen LogP contribution is -2.23. The van der Waals surface area contributed by atoms with Crippen molar-refractivity contribution in [3.05, 3.63) is 96.0 Å². The second-order valence-electron chi connectivity index (χ2n) is 7.19. The molecule has 0 bridgehead atoms. The van der Waals surface area contributed by atoms with E-state index in [0.29, 0.717) is 5.65 Å². The molecule has 0 fully saturated rings. The summed E-state index contributed by atoms with van der Waals surface area (Å²) < 4.78 is 6.76. The third-order valence-corrected chi connectivity index (χ3v) is 5.85.